The highest BCUT2D eigenvalue weighted by atomic mass is 32.1. The Morgan fingerprint density at radius 1 is 1.17 bits per heavy atom. The lowest BCUT2D eigenvalue weighted by Gasteiger charge is -2.06. The standard InChI is InChI=1S/C17H17N5S/c1-10-4-5-14-13(6-10)21-15(22(14)3)8-18-16-12-7-11(2)23-17(12)20-9-19-16/h4-7,9H,8H2,1-3H3,(H,18,19,20). The Labute approximate surface area is 138 Å². The van der Waals surface area contributed by atoms with Crippen LogP contribution >= 0.6 is 11.3 Å². The minimum Gasteiger partial charge on any atom is -0.362 e. The lowest BCUT2D eigenvalue weighted by atomic mass is 10.2. The first-order valence-electron chi connectivity index (χ1n) is 7.49. The second-order valence-corrected chi connectivity index (χ2v) is 6.97. The van der Waals surface area contributed by atoms with Gasteiger partial charge in [-0.05, 0) is 37.6 Å². The van der Waals surface area contributed by atoms with Crippen molar-refractivity contribution in [3.8, 4) is 0 Å². The fourth-order valence-electron chi connectivity index (χ4n) is 2.80. The first-order chi connectivity index (χ1) is 11.1. The summed E-state index contributed by atoms with van der Waals surface area (Å²) in [5, 5.41) is 4.48. The SMILES string of the molecule is Cc1ccc2c(c1)nc(CNc1ncnc3sc(C)cc13)n2C. The zero-order chi connectivity index (χ0) is 16.0. The maximum Gasteiger partial charge on any atom is 0.138 e. The van der Waals surface area contributed by atoms with Gasteiger partial charge in [0.2, 0.25) is 0 Å². The van der Waals surface area contributed by atoms with Gasteiger partial charge in [-0.2, -0.15) is 0 Å². The number of hydrogen-bond donors (Lipinski definition) is 1. The molecule has 0 saturated carbocycles. The summed E-state index contributed by atoms with van der Waals surface area (Å²) in [4.78, 5) is 15.7. The molecule has 0 atom stereocenters. The molecule has 6 heteroatoms. The normalized spacial score (nSPS) is 11.4. The first kappa shape index (κ1) is 14.1. The van der Waals surface area contributed by atoms with Crippen molar-refractivity contribution in [3.05, 3.63) is 46.9 Å². The summed E-state index contributed by atoms with van der Waals surface area (Å²) in [6, 6.07) is 8.47. The van der Waals surface area contributed by atoms with Crippen LogP contribution in [0.2, 0.25) is 0 Å². The third-order valence-electron chi connectivity index (χ3n) is 4.00. The van der Waals surface area contributed by atoms with Crippen LogP contribution in [0.25, 0.3) is 21.3 Å². The number of hydrogen-bond acceptors (Lipinski definition) is 5. The first-order valence-corrected chi connectivity index (χ1v) is 8.30. The predicted octanol–water partition coefficient (Wildman–Crippen LogP) is 3.81. The van der Waals surface area contributed by atoms with Crippen LogP contribution in [0.3, 0.4) is 0 Å². The third-order valence-corrected chi connectivity index (χ3v) is 4.95. The predicted molar refractivity (Wildman–Crippen MR) is 94.9 cm³/mol. The third kappa shape index (κ3) is 2.45. The van der Waals surface area contributed by atoms with Crippen LogP contribution in [0, 0.1) is 13.8 Å². The van der Waals surface area contributed by atoms with Crippen LogP contribution in [0.1, 0.15) is 16.3 Å². The Kier molecular flexibility index (Phi) is 3.27. The molecular formula is C17H17N5S. The van der Waals surface area contributed by atoms with E-state index in [1.165, 1.54) is 10.4 Å². The van der Waals surface area contributed by atoms with Crippen molar-refractivity contribution in [3.63, 3.8) is 0 Å². The number of fused-ring (bicyclic) bond motifs is 2. The van der Waals surface area contributed by atoms with Gasteiger partial charge < -0.3 is 9.88 Å². The van der Waals surface area contributed by atoms with Gasteiger partial charge in [0.15, 0.2) is 0 Å². The van der Waals surface area contributed by atoms with Gasteiger partial charge in [0, 0.05) is 11.9 Å². The van der Waals surface area contributed by atoms with E-state index < -0.39 is 0 Å². The number of imidazole rings is 1. The summed E-state index contributed by atoms with van der Waals surface area (Å²) in [6.07, 6.45) is 1.61. The van der Waals surface area contributed by atoms with E-state index in [4.69, 9.17) is 4.98 Å². The summed E-state index contributed by atoms with van der Waals surface area (Å²) in [6.45, 7) is 4.80. The molecule has 1 aromatic carbocycles. The molecule has 0 unspecified atom stereocenters. The fraction of sp³-hybridized carbons (Fsp3) is 0.235. The number of aromatic nitrogens is 4. The van der Waals surface area contributed by atoms with Gasteiger partial charge in [0.1, 0.15) is 22.8 Å². The van der Waals surface area contributed by atoms with Crippen molar-refractivity contribution in [2.24, 2.45) is 7.05 Å². The highest BCUT2D eigenvalue weighted by Gasteiger charge is 2.10. The largest absolute Gasteiger partial charge is 0.362 e. The topological polar surface area (TPSA) is 55.6 Å². The van der Waals surface area contributed by atoms with E-state index in [9.17, 15) is 0 Å². The molecule has 3 heterocycles. The summed E-state index contributed by atoms with van der Waals surface area (Å²) >= 11 is 1.68. The monoisotopic (exact) mass is 323 g/mol. The van der Waals surface area contributed by atoms with Crippen LogP contribution in [-0.4, -0.2) is 19.5 Å². The fourth-order valence-corrected chi connectivity index (χ4v) is 3.64. The van der Waals surface area contributed by atoms with Gasteiger partial charge >= 0.3 is 0 Å². The molecule has 1 N–H and O–H groups in total. The highest BCUT2D eigenvalue weighted by molar-refractivity contribution is 7.18. The van der Waals surface area contributed by atoms with E-state index >= 15 is 0 Å². The van der Waals surface area contributed by atoms with Crippen molar-refractivity contribution in [2.75, 3.05) is 5.32 Å². The van der Waals surface area contributed by atoms with Crippen molar-refractivity contribution in [1.29, 1.82) is 0 Å². The Morgan fingerprint density at radius 2 is 2.04 bits per heavy atom. The molecular weight excluding hydrogens is 306 g/mol. The molecule has 0 radical (unpaired) electrons. The lowest BCUT2D eigenvalue weighted by Crippen LogP contribution is -2.07. The highest BCUT2D eigenvalue weighted by Crippen LogP contribution is 2.27. The van der Waals surface area contributed by atoms with Crippen LogP contribution in [0.5, 0.6) is 0 Å². The summed E-state index contributed by atoms with van der Waals surface area (Å²) in [5.74, 6) is 1.85. The maximum atomic E-state index is 4.73. The number of anilines is 1. The van der Waals surface area contributed by atoms with Gasteiger partial charge in [-0.1, -0.05) is 6.07 Å². The molecule has 3 aromatic heterocycles. The van der Waals surface area contributed by atoms with E-state index in [0.717, 1.165) is 32.9 Å². The minimum absolute atomic E-state index is 0.630. The van der Waals surface area contributed by atoms with E-state index in [1.54, 1.807) is 17.7 Å². The maximum absolute atomic E-state index is 4.73. The molecule has 5 nitrogen and oxygen atoms in total. The summed E-state index contributed by atoms with van der Waals surface area (Å²) in [7, 11) is 2.05. The lowest BCUT2D eigenvalue weighted by molar-refractivity contribution is 0.832. The van der Waals surface area contributed by atoms with Crippen LogP contribution in [-0.2, 0) is 13.6 Å². The summed E-state index contributed by atoms with van der Waals surface area (Å²) < 4.78 is 2.12. The quantitative estimate of drug-likeness (QED) is 0.623. The molecule has 0 saturated heterocycles. The average molecular weight is 323 g/mol. The Balaban J connectivity index is 1.67. The van der Waals surface area contributed by atoms with Crippen molar-refractivity contribution in [2.45, 2.75) is 20.4 Å². The van der Waals surface area contributed by atoms with E-state index in [1.807, 2.05) is 7.05 Å². The van der Waals surface area contributed by atoms with Gasteiger partial charge in [-0.25, -0.2) is 15.0 Å². The van der Waals surface area contributed by atoms with Gasteiger partial charge in [-0.15, -0.1) is 11.3 Å². The number of nitrogens with one attached hydrogen (secondary N) is 1. The molecule has 0 spiro atoms. The second kappa shape index (κ2) is 5.31. The molecule has 4 aromatic rings. The minimum atomic E-state index is 0.630. The number of thiophene rings is 1. The Bertz CT molecular complexity index is 1010. The molecule has 0 aliphatic rings. The van der Waals surface area contributed by atoms with Crippen molar-refractivity contribution >= 4 is 38.4 Å². The van der Waals surface area contributed by atoms with Gasteiger partial charge in [-0.3, -0.25) is 0 Å². The Morgan fingerprint density at radius 3 is 2.91 bits per heavy atom. The molecule has 0 amide bonds. The molecule has 116 valence electrons. The van der Waals surface area contributed by atoms with E-state index in [-0.39, 0.29) is 0 Å². The average Bonchev–Trinajstić information content (AvgIpc) is 3.05. The van der Waals surface area contributed by atoms with E-state index in [2.05, 4.69) is 58.0 Å². The van der Waals surface area contributed by atoms with Crippen LogP contribution in [0.4, 0.5) is 5.82 Å². The smallest absolute Gasteiger partial charge is 0.138 e. The molecule has 23 heavy (non-hydrogen) atoms. The zero-order valence-corrected chi connectivity index (χ0v) is 14.1. The van der Waals surface area contributed by atoms with Crippen LogP contribution in [0.15, 0.2) is 30.6 Å². The molecule has 4 rings (SSSR count). The number of aryl methyl sites for hydroxylation is 3. The number of nitrogens with zero attached hydrogens (tertiary/aromatic N) is 4. The number of benzene rings is 1. The van der Waals surface area contributed by atoms with E-state index in [0.29, 0.717) is 6.54 Å². The Hall–Kier alpha value is -2.47. The van der Waals surface area contributed by atoms with Crippen molar-refractivity contribution < 1.29 is 0 Å². The molecule has 0 bridgehead atoms. The van der Waals surface area contributed by atoms with Crippen molar-refractivity contribution in [1.82, 2.24) is 19.5 Å². The van der Waals surface area contributed by atoms with Gasteiger partial charge in [0.25, 0.3) is 0 Å². The zero-order valence-electron chi connectivity index (χ0n) is 13.3. The summed E-state index contributed by atoms with van der Waals surface area (Å²) in [5.41, 5.74) is 3.40. The van der Waals surface area contributed by atoms with Crippen LogP contribution < -0.4 is 5.32 Å². The molecule has 0 aliphatic heterocycles. The molecule has 0 aliphatic carbocycles. The second-order valence-electron chi connectivity index (χ2n) is 5.73. The number of rotatable bonds is 3. The van der Waals surface area contributed by atoms with Gasteiger partial charge in [0.05, 0.1) is 23.0 Å². The molecule has 0 fully saturated rings.